The maximum absolute atomic E-state index is 12.8. The van der Waals surface area contributed by atoms with Crippen LogP contribution in [0.3, 0.4) is 0 Å². The zero-order chi connectivity index (χ0) is 22.8. The molecule has 0 aliphatic heterocycles. The molecule has 0 radical (unpaired) electrons. The number of pyridine rings is 1. The number of allylic oxidation sites excluding steroid dienone is 1. The lowest BCUT2D eigenvalue weighted by molar-refractivity contribution is -0.383. The summed E-state index contributed by atoms with van der Waals surface area (Å²) in [5, 5.41) is 11.7. The van der Waals surface area contributed by atoms with Crippen molar-refractivity contribution in [2.45, 2.75) is 26.3 Å². The van der Waals surface area contributed by atoms with E-state index >= 15 is 0 Å². The second-order valence-electron chi connectivity index (χ2n) is 6.49. The number of amides is 1. The van der Waals surface area contributed by atoms with Crippen LogP contribution in [0.15, 0.2) is 55.6 Å². The zero-order valence-electron chi connectivity index (χ0n) is 17.5. The van der Waals surface area contributed by atoms with Crippen molar-refractivity contribution in [2.75, 3.05) is 23.8 Å². The number of carbonyl (C=O) groups excluding carboxylic acids is 1. The van der Waals surface area contributed by atoms with Crippen LogP contribution in [0.5, 0.6) is 5.88 Å². The van der Waals surface area contributed by atoms with Gasteiger partial charge in [0, 0.05) is 6.07 Å². The molecule has 1 aromatic carbocycles. The SMILES string of the molecule is C=CCCOc1cc(N(Cc2cccc(CC=C)c2)C(=O)OCC)c([N+](=O)[O-])c(N)n1. The Balaban J connectivity index is 2.54. The van der Waals surface area contributed by atoms with Gasteiger partial charge in [-0.2, -0.15) is 4.98 Å². The summed E-state index contributed by atoms with van der Waals surface area (Å²) in [6.45, 7) is 9.38. The molecular formula is C22H26N4O5. The Kier molecular flexibility index (Phi) is 8.56. The summed E-state index contributed by atoms with van der Waals surface area (Å²) < 4.78 is 10.7. The van der Waals surface area contributed by atoms with Crippen molar-refractivity contribution in [2.24, 2.45) is 0 Å². The highest BCUT2D eigenvalue weighted by atomic mass is 16.6. The van der Waals surface area contributed by atoms with Crippen LogP contribution in [0.1, 0.15) is 24.5 Å². The molecule has 0 fully saturated rings. The maximum Gasteiger partial charge on any atom is 0.414 e. The Hall–Kier alpha value is -3.88. The quantitative estimate of drug-likeness (QED) is 0.244. The second-order valence-corrected chi connectivity index (χ2v) is 6.49. The number of ether oxygens (including phenoxy) is 2. The van der Waals surface area contributed by atoms with E-state index in [9.17, 15) is 14.9 Å². The van der Waals surface area contributed by atoms with E-state index in [4.69, 9.17) is 15.2 Å². The van der Waals surface area contributed by atoms with Crippen molar-refractivity contribution in [1.82, 2.24) is 4.98 Å². The van der Waals surface area contributed by atoms with E-state index in [1.54, 1.807) is 19.1 Å². The molecule has 0 spiro atoms. The first kappa shape index (κ1) is 23.4. The van der Waals surface area contributed by atoms with E-state index in [1.807, 2.05) is 24.3 Å². The molecule has 164 valence electrons. The Labute approximate surface area is 180 Å². The number of nitrogens with zero attached hydrogens (tertiary/aromatic N) is 3. The molecule has 9 heteroatoms. The van der Waals surface area contributed by atoms with Crippen molar-refractivity contribution >= 4 is 23.3 Å². The van der Waals surface area contributed by atoms with Crippen molar-refractivity contribution in [3.8, 4) is 5.88 Å². The monoisotopic (exact) mass is 426 g/mol. The van der Waals surface area contributed by atoms with E-state index in [1.165, 1.54) is 6.07 Å². The van der Waals surface area contributed by atoms with E-state index in [-0.39, 0.29) is 37.1 Å². The van der Waals surface area contributed by atoms with E-state index < -0.39 is 16.7 Å². The molecule has 9 nitrogen and oxygen atoms in total. The lowest BCUT2D eigenvalue weighted by Gasteiger charge is -2.23. The van der Waals surface area contributed by atoms with Crippen LogP contribution in [0.25, 0.3) is 0 Å². The van der Waals surface area contributed by atoms with E-state index in [0.29, 0.717) is 12.8 Å². The van der Waals surface area contributed by atoms with Gasteiger partial charge in [-0.05, 0) is 30.9 Å². The Morgan fingerprint density at radius 2 is 2.03 bits per heavy atom. The van der Waals surface area contributed by atoms with Crippen molar-refractivity contribution in [1.29, 1.82) is 0 Å². The summed E-state index contributed by atoms with van der Waals surface area (Å²) in [6, 6.07) is 8.81. The van der Waals surface area contributed by atoms with Gasteiger partial charge in [0.2, 0.25) is 11.7 Å². The van der Waals surface area contributed by atoms with Crippen LogP contribution in [0.2, 0.25) is 0 Å². The fraction of sp³-hybridized carbons (Fsp3) is 0.273. The number of hydrogen-bond acceptors (Lipinski definition) is 7. The summed E-state index contributed by atoms with van der Waals surface area (Å²) in [7, 11) is 0. The molecule has 2 aromatic rings. The standard InChI is InChI=1S/C22H26N4O5/c1-4-7-12-31-19-14-18(20(26(28)29)21(23)24-19)25(22(27)30-6-3)15-17-11-8-10-16(13-17)9-5-2/h4-5,8,10-11,13-14H,1-2,6-7,9,12,15H2,3H3,(H2,23,24). The second kappa shape index (κ2) is 11.3. The Morgan fingerprint density at radius 1 is 1.29 bits per heavy atom. The topological polar surface area (TPSA) is 121 Å². The van der Waals surface area contributed by atoms with Gasteiger partial charge in [-0.25, -0.2) is 4.79 Å². The zero-order valence-corrected chi connectivity index (χ0v) is 17.5. The predicted octanol–water partition coefficient (Wildman–Crippen LogP) is 4.42. The maximum atomic E-state index is 12.8. The number of benzene rings is 1. The summed E-state index contributed by atoms with van der Waals surface area (Å²) in [5.74, 6) is -0.291. The smallest absolute Gasteiger partial charge is 0.414 e. The van der Waals surface area contributed by atoms with Gasteiger partial charge in [0.15, 0.2) is 0 Å². The third kappa shape index (κ3) is 6.30. The fourth-order valence-electron chi connectivity index (χ4n) is 2.89. The predicted molar refractivity (Wildman–Crippen MR) is 119 cm³/mol. The van der Waals surface area contributed by atoms with Gasteiger partial charge in [-0.3, -0.25) is 15.0 Å². The van der Waals surface area contributed by atoms with Crippen molar-refractivity contribution in [3.05, 3.63) is 76.9 Å². The van der Waals surface area contributed by atoms with Crippen LogP contribution >= 0.6 is 0 Å². The summed E-state index contributed by atoms with van der Waals surface area (Å²) in [5.41, 5.74) is 7.05. The summed E-state index contributed by atoms with van der Waals surface area (Å²) >= 11 is 0. The van der Waals surface area contributed by atoms with E-state index in [2.05, 4.69) is 18.1 Å². The minimum absolute atomic E-state index is 0.0280. The molecule has 0 unspecified atom stereocenters. The van der Waals surface area contributed by atoms with Gasteiger partial charge in [0.25, 0.3) is 0 Å². The Bertz CT molecular complexity index is 961. The molecule has 2 rings (SSSR count). The van der Waals surface area contributed by atoms with Gasteiger partial charge in [0.1, 0.15) is 5.69 Å². The largest absolute Gasteiger partial charge is 0.477 e. The molecular weight excluding hydrogens is 400 g/mol. The van der Waals surface area contributed by atoms with Crippen LogP contribution in [0.4, 0.5) is 22.0 Å². The number of aromatic nitrogens is 1. The number of carbonyl (C=O) groups is 1. The number of anilines is 2. The third-order valence-electron chi connectivity index (χ3n) is 4.22. The lowest BCUT2D eigenvalue weighted by atomic mass is 10.1. The number of hydrogen-bond donors (Lipinski definition) is 1. The number of nitrogen functional groups attached to an aromatic ring is 1. The highest BCUT2D eigenvalue weighted by Crippen LogP contribution is 2.37. The average Bonchev–Trinajstić information content (AvgIpc) is 2.72. The fourth-order valence-corrected chi connectivity index (χ4v) is 2.89. The molecule has 0 saturated carbocycles. The molecule has 0 saturated heterocycles. The first-order valence-electron chi connectivity index (χ1n) is 9.72. The van der Waals surface area contributed by atoms with Crippen LogP contribution < -0.4 is 15.4 Å². The van der Waals surface area contributed by atoms with Gasteiger partial charge in [0.05, 0.1) is 24.7 Å². The first-order chi connectivity index (χ1) is 14.9. The van der Waals surface area contributed by atoms with Gasteiger partial charge in [-0.15, -0.1) is 13.2 Å². The average molecular weight is 426 g/mol. The lowest BCUT2D eigenvalue weighted by Crippen LogP contribution is -2.32. The summed E-state index contributed by atoms with van der Waals surface area (Å²) in [4.78, 5) is 28.9. The highest BCUT2D eigenvalue weighted by Gasteiger charge is 2.30. The normalized spacial score (nSPS) is 10.2. The first-order valence-corrected chi connectivity index (χ1v) is 9.72. The molecule has 0 aliphatic carbocycles. The number of nitrogens with two attached hydrogens (primary N) is 1. The van der Waals surface area contributed by atoms with Gasteiger partial charge in [-0.1, -0.05) is 36.4 Å². The van der Waals surface area contributed by atoms with Crippen LogP contribution in [0, 0.1) is 10.1 Å². The van der Waals surface area contributed by atoms with Crippen LogP contribution in [-0.4, -0.2) is 29.2 Å². The highest BCUT2D eigenvalue weighted by molar-refractivity contribution is 5.92. The molecule has 2 N–H and O–H groups in total. The number of rotatable bonds is 11. The third-order valence-corrected chi connectivity index (χ3v) is 4.22. The van der Waals surface area contributed by atoms with Crippen LogP contribution in [-0.2, 0) is 17.7 Å². The molecule has 31 heavy (non-hydrogen) atoms. The molecule has 1 aromatic heterocycles. The molecule has 0 bridgehead atoms. The van der Waals surface area contributed by atoms with Gasteiger partial charge < -0.3 is 15.2 Å². The molecule has 0 aliphatic rings. The molecule has 1 amide bonds. The summed E-state index contributed by atoms with van der Waals surface area (Å²) in [6.07, 6.45) is 3.88. The molecule has 1 heterocycles. The van der Waals surface area contributed by atoms with E-state index in [0.717, 1.165) is 16.0 Å². The van der Waals surface area contributed by atoms with Crippen molar-refractivity contribution in [3.63, 3.8) is 0 Å². The van der Waals surface area contributed by atoms with Crippen molar-refractivity contribution < 1.29 is 19.2 Å². The van der Waals surface area contributed by atoms with Gasteiger partial charge >= 0.3 is 11.8 Å². The minimum Gasteiger partial charge on any atom is -0.477 e. The Morgan fingerprint density at radius 3 is 2.68 bits per heavy atom. The number of nitro groups is 1. The molecule has 0 atom stereocenters. The minimum atomic E-state index is -0.748.